The van der Waals surface area contributed by atoms with Crippen molar-refractivity contribution in [1.29, 1.82) is 0 Å². The first-order chi connectivity index (χ1) is 7.84. The summed E-state index contributed by atoms with van der Waals surface area (Å²) >= 11 is 0. The molecule has 0 fully saturated rings. The summed E-state index contributed by atoms with van der Waals surface area (Å²) in [4.78, 5) is -0.259. The highest BCUT2D eigenvalue weighted by Gasteiger charge is 2.12. The molecule has 92 valence electrons. The molecule has 4 nitrogen and oxygen atoms in total. The third-order valence-corrected chi connectivity index (χ3v) is 3.01. The summed E-state index contributed by atoms with van der Waals surface area (Å²) in [5.41, 5.74) is 0.195. The summed E-state index contributed by atoms with van der Waals surface area (Å²) in [6.07, 6.45) is 5.56. The molecule has 0 aliphatic heterocycles. The number of rotatable bonds is 4. The molecule has 0 heterocycles. The molecule has 17 heavy (non-hydrogen) atoms. The number of sulfonamides is 1. The summed E-state index contributed by atoms with van der Waals surface area (Å²) < 4.78 is 35.5. The lowest BCUT2D eigenvalue weighted by Crippen LogP contribution is -2.16. The van der Waals surface area contributed by atoms with Crippen molar-refractivity contribution in [3.05, 3.63) is 24.0 Å². The summed E-state index contributed by atoms with van der Waals surface area (Å²) in [7, 11) is -3.88. The summed E-state index contributed by atoms with van der Waals surface area (Å²) in [5, 5.41) is 7.72. The van der Waals surface area contributed by atoms with Gasteiger partial charge in [0.1, 0.15) is 5.82 Å². The Labute approximate surface area is 100 Å². The van der Waals surface area contributed by atoms with Gasteiger partial charge in [-0.25, -0.2) is 17.9 Å². The van der Waals surface area contributed by atoms with Gasteiger partial charge in [0.25, 0.3) is 0 Å². The van der Waals surface area contributed by atoms with Crippen molar-refractivity contribution in [3.63, 3.8) is 0 Å². The second-order valence-corrected chi connectivity index (χ2v) is 5.20. The van der Waals surface area contributed by atoms with Gasteiger partial charge in [0.2, 0.25) is 10.0 Å². The van der Waals surface area contributed by atoms with Gasteiger partial charge in [0.05, 0.1) is 10.6 Å². The zero-order valence-corrected chi connectivity index (χ0v) is 10.1. The number of hydrogen-bond donors (Lipinski definition) is 2. The largest absolute Gasteiger partial charge is 0.379 e. The van der Waals surface area contributed by atoms with E-state index >= 15 is 0 Å². The zero-order chi connectivity index (χ0) is 13.1. The highest BCUT2D eigenvalue weighted by molar-refractivity contribution is 7.89. The summed E-state index contributed by atoms with van der Waals surface area (Å²) in [6, 6.07) is 3.33. The van der Waals surface area contributed by atoms with Crippen molar-refractivity contribution in [3.8, 4) is 12.3 Å². The molecule has 0 aromatic heterocycles. The fraction of sp³-hybridized carbons (Fsp3) is 0.273. The van der Waals surface area contributed by atoms with Crippen LogP contribution in [0.1, 0.15) is 13.3 Å². The Bertz CT molecular complexity index is 549. The van der Waals surface area contributed by atoms with E-state index in [2.05, 4.69) is 11.2 Å². The topological polar surface area (TPSA) is 72.2 Å². The fourth-order valence-electron chi connectivity index (χ4n) is 1.28. The van der Waals surface area contributed by atoms with Crippen molar-refractivity contribution < 1.29 is 12.8 Å². The molecule has 6 heteroatoms. The number of nitrogens with one attached hydrogen (secondary N) is 1. The molecule has 1 rings (SSSR count). The molecule has 0 radical (unpaired) electrons. The van der Waals surface area contributed by atoms with E-state index in [-0.39, 0.29) is 16.6 Å². The van der Waals surface area contributed by atoms with Crippen LogP contribution in [-0.2, 0) is 10.0 Å². The normalized spacial score (nSPS) is 12.8. The van der Waals surface area contributed by atoms with Crippen LogP contribution in [0.2, 0.25) is 0 Å². The van der Waals surface area contributed by atoms with Gasteiger partial charge in [0.15, 0.2) is 0 Å². The van der Waals surface area contributed by atoms with Crippen LogP contribution in [0.4, 0.5) is 10.1 Å². The van der Waals surface area contributed by atoms with E-state index in [9.17, 15) is 12.8 Å². The first-order valence-corrected chi connectivity index (χ1v) is 6.41. The Hall–Kier alpha value is -1.58. The average Bonchev–Trinajstić information content (AvgIpc) is 2.20. The molecule has 0 aliphatic carbocycles. The molecular formula is C11H13FN2O2S. The Balaban J connectivity index is 2.96. The number of hydrogen-bond acceptors (Lipinski definition) is 3. The smallest absolute Gasteiger partial charge is 0.238 e. The first kappa shape index (κ1) is 13.5. The van der Waals surface area contributed by atoms with Gasteiger partial charge in [-0.1, -0.05) is 0 Å². The third kappa shape index (κ3) is 3.73. The minimum absolute atomic E-state index is 0.102. The first-order valence-electron chi connectivity index (χ1n) is 4.87. The van der Waals surface area contributed by atoms with E-state index in [1.165, 1.54) is 12.1 Å². The second kappa shape index (κ2) is 5.17. The molecule has 1 aromatic rings. The Morgan fingerprint density at radius 1 is 1.59 bits per heavy atom. The number of nitrogens with two attached hydrogens (primary N) is 1. The van der Waals surface area contributed by atoms with Crippen LogP contribution in [0.3, 0.4) is 0 Å². The van der Waals surface area contributed by atoms with Gasteiger partial charge in [-0.3, -0.25) is 0 Å². The van der Waals surface area contributed by atoms with E-state index < -0.39 is 15.8 Å². The highest BCUT2D eigenvalue weighted by Crippen LogP contribution is 2.19. The van der Waals surface area contributed by atoms with E-state index in [1.807, 2.05) is 0 Å². The van der Waals surface area contributed by atoms with Crippen molar-refractivity contribution in [2.24, 2.45) is 5.14 Å². The van der Waals surface area contributed by atoms with E-state index in [0.29, 0.717) is 6.42 Å². The minimum atomic E-state index is -3.88. The molecule has 0 bridgehead atoms. The van der Waals surface area contributed by atoms with Crippen molar-refractivity contribution in [2.45, 2.75) is 24.3 Å². The lowest BCUT2D eigenvalue weighted by molar-refractivity contribution is 0.592. The minimum Gasteiger partial charge on any atom is -0.379 e. The zero-order valence-electron chi connectivity index (χ0n) is 9.27. The maximum Gasteiger partial charge on any atom is 0.238 e. The third-order valence-electron chi connectivity index (χ3n) is 2.10. The van der Waals surface area contributed by atoms with Crippen LogP contribution >= 0.6 is 0 Å². The molecule has 0 spiro atoms. The van der Waals surface area contributed by atoms with Gasteiger partial charge < -0.3 is 5.32 Å². The maximum atomic E-state index is 13.5. The van der Waals surface area contributed by atoms with Crippen LogP contribution in [-0.4, -0.2) is 14.5 Å². The molecule has 0 saturated carbocycles. The summed E-state index contributed by atoms with van der Waals surface area (Å²) in [6.45, 7) is 1.80. The quantitative estimate of drug-likeness (QED) is 0.797. The number of halogens is 1. The number of anilines is 1. The predicted molar refractivity (Wildman–Crippen MR) is 64.3 cm³/mol. The molecule has 3 N–H and O–H groups in total. The highest BCUT2D eigenvalue weighted by atomic mass is 32.2. The molecule has 1 aromatic carbocycles. The Morgan fingerprint density at radius 3 is 2.71 bits per heavy atom. The van der Waals surface area contributed by atoms with Gasteiger partial charge in [0, 0.05) is 12.5 Å². The van der Waals surface area contributed by atoms with Crippen LogP contribution in [0.5, 0.6) is 0 Å². The van der Waals surface area contributed by atoms with E-state index in [0.717, 1.165) is 6.07 Å². The van der Waals surface area contributed by atoms with Gasteiger partial charge in [-0.2, -0.15) is 0 Å². The number of benzene rings is 1. The van der Waals surface area contributed by atoms with Crippen molar-refractivity contribution >= 4 is 15.7 Å². The molecule has 0 saturated heterocycles. The van der Waals surface area contributed by atoms with Gasteiger partial charge in [-0.15, -0.1) is 12.3 Å². The molecule has 1 atom stereocenters. The van der Waals surface area contributed by atoms with Gasteiger partial charge in [-0.05, 0) is 25.1 Å². The fourth-order valence-corrected chi connectivity index (χ4v) is 1.81. The molecule has 0 aliphatic rings. The predicted octanol–water partition coefficient (Wildman–Crippen LogP) is 1.30. The standard InChI is InChI=1S/C11H13FN2O2S/c1-3-4-8(2)14-11-6-5-9(7-10(11)12)17(13,15)16/h1,5-8,14H,4H2,2H3,(H2,13,15,16). The lowest BCUT2D eigenvalue weighted by Gasteiger charge is -2.13. The van der Waals surface area contributed by atoms with E-state index in [4.69, 9.17) is 11.6 Å². The van der Waals surface area contributed by atoms with Crippen LogP contribution < -0.4 is 10.5 Å². The second-order valence-electron chi connectivity index (χ2n) is 3.64. The Kier molecular flexibility index (Phi) is 4.10. The Morgan fingerprint density at radius 2 is 2.24 bits per heavy atom. The lowest BCUT2D eigenvalue weighted by atomic mass is 10.2. The van der Waals surface area contributed by atoms with Crippen LogP contribution in [0.25, 0.3) is 0 Å². The summed E-state index contributed by atoms with van der Waals surface area (Å²) in [5.74, 6) is 1.76. The number of terminal acetylenes is 1. The number of primary sulfonamides is 1. The average molecular weight is 256 g/mol. The van der Waals surface area contributed by atoms with E-state index in [1.54, 1.807) is 6.92 Å². The molecular weight excluding hydrogens is 243 g/mol. The maximum absolute atomic E-state index is 13.5. The van der Waals surface area contributed by atoms with Gasteiger partial charge >= 0.3 is 0 Å². The van der Waals surface area contributed by atoms with Crippen molar-refractivity contribution in [1.82, 2.24) is 0 Å². The van der Waals surface area contributed by atoms with Crippen LogP contribution in [0.15, 0.2) is 23.1 Å². The molecule has 0 amide bonds. The van der Waals surface area contributed by atoms with Crippen LogP contribution in [0, 0.1) is 18.2 Å². The monoisotopic (exact) mass is 256 g/mol. The SMILES string of the molecule is C#CCC(C)Nc1ccc(S(N)(=O)=O)cc1F. The van der Waals surface area contributed by atoms with Crippen molar-refractivity contribution in [2.75, 3.05) is 5.32 Å². The molecule has 1 unspecified atom stereocenters.